The SMILES string of the molecule is CCCCCCCCCCCCCCN(C)CCOC(=O)CCC(CO)(CO)COC(=O)CCCCCCCCCCCCC. The molecule has 7 nitrogen and oxygen atoms in total. The minimum Gasteiger partial charge on any atom is -0.465 e. The molecule has 0 amide bonds. The van der Waals surface area contributed by atoms with Gasteiger partial charge in [-0.05, 0) is 32.9 Å². The van der Waals surface area contributed by atoms with Crippen LogP contribution in [0.2, 0.25) is 0 Å². The van der Waals surface area contributed by atoms with E-state index in [9.17, 15) is 19.8 Å². The van der Waals surface area contributed by atoms with Crippen LogP contribution in [-0.4, -0.2) is 73.6 Å². The number of aliphatic hydroxyl groups is 2. The van der Waals surface area contributed by atoms with Gasteiger partial charge in [0.15, 0.2) is 0 Å². The van der Waals surface area contributed by atoms with Crippen molar-refractivity contribution < 1.29 is 29.3 Å². The molecule has 0 spiro atoms. The predicted octanol–water partition coefficient (Wildman–Crippen LogP) is 9.16. The van der Waals surface area contributed by atoms with Gasteiger partial charge in [-0.15, -0.1) is 0 Å². The zero-order valence-electron chi connectivity index (χ0n) is 30.1. The zero-order chi connectivity index (χ0) is 33.3. The molecule has 0 atom stereocenters. The van der Waals surface area contributed by atoms with Crippen LogP contribution in [-0.2, 0) is 19.1 Å². The third-order valence-corrected chi connectivity index (χ3v) is 9.18. The van der Waals surface area contributed by atoms with Crippen LogP contribution >= 0.6 is 0 Å². The van der Waals surface area contributed by atoms with Gasteiger partial charge in [0, 0.05) is 19.4 Å². The Kier molecular flexibility index (Phi) is 31.9. The number of carbonyl (C=O) groups is 2. The Balaban J connectivity index is 3.86. The van der Waals surface area contributed by atoms with Gasteiger partial charge in [0.05, 0.1) is 18.6 Å². The van der Waals surface area contributed by atoms with E-state index in [2.05, 4.69) is 25.8 Å². The summed E-state index contributed by atoms with van der Waals surface area (Å²) in [4.78, 5) is 26.8. The molecule has 7 heteroatoms. The molecule has 0 aromatic heterocycles. The molecule has 0 aliphatic rings. The molecule has 0 radical (unpaired) electrons. The molecule has 2 N–H and O–H groups in total. The monoisotopic (exact) mass is 642 g/mol. The molecule has 268 valence electrons. The van der Waals surface area contributed by atoms with Crippen LogP contribution < -0.4 is 0 Å². The highest BCUT2D eigenvalue weighted by atomic mass is 16.5. The van der Waals surface area contributed by atoms with E-state index < -0.39 is 5.41 Å². The third-order valence-electron chi connectivity index (χ3n) is 9.18. The van der Waals surface area contributed by atoms with Crippen LogP contribution in [0, 0.1) is 5.41 Å². The van der Waals surface area contributed by atoms with Gasteiger partial charge in [0.1, 0.15) is 13.2 Å². The van der Waals surface area contributed by atoms with Crippen molar-refractivity contribution in [1.29, 1.82) is 0 Å². The molecule has 0 saturated heterocycles. The van der Waals surface area contributed by atoms with Gasteiger partial charge in [-0.1, -0.05) is 149 Å². The van der Waals surface area contributed by atoms with Gasteiger partial charge in [-0.3, -0.25) is 9.59 Å². The lowest BCUT2D eigenvalue weighted by molar-refractivity contribution is -0.151. The van der Waals surface area contributed by atoms with Crippen molar-refractivity contribution in [3.8, 4) is 0 Å². The van der Waals surface area contributed by atoms with Crippen molar-refractivity contribution in [2.75, 3.05) is 46.6 Å². The van der Waals surface area contributed by atoms with E-state index in [1.807, 2.05) is 0 Å². The predicted molar refractivity (Wildman–Crippen MR) is 187 cm³/mol. The number of hydrogen-bond acceptors (Lipinski definition) is 7. The number of hydrogen-bond donors (Lipinski definition) is 2. The number of likely N-dealkylation sites (N-methyl/N-ethyl adjacent to an activating group) is 1. The number of ether oxygens (including phenoxy) is 2. The Hall–Kier alpha value is -1.18. The first-order valence-electron chi connectivity index (χ1n) is 19.1. The fourth-order valence-electron chi connectivity index (χ4n) is 5.70. The maximum absolute atomic E-state index is 12.3. The van der Waals surface area contributed by atoms with E-state index in [-0.39, 0.29) is 44.6 Å². The lowest BCUT2D eigenvalue weighted by Crippen LogP contribution is -2.37. The minimum atomic E-state index is -1.03. The summed E-state index contributed by atoms with van der Waals surface area (Å²) in [6, 6.07) is 0. The normalized spacial score (nSPS) is 11.8. The summed E-state index contributed by atoms with van der Waals surface area (Å²) < 4.78 is 10.8. The molecular formula is C38H75NO6. The van der Waals surface area contributed by atoms with Crippen molar-refractivity contribution in [2.24, 2.45) is 5.41 Å². The summed E-state index contributed by atoms with van der Waals surface area (Å²) in [6.07, 6.45) is 30.1. The standard InChI is InChI=1S/C38H75NO6/c1-4-6-8-10-12-14-16-18-20-22-24-26-30-39(3)31-32-44-37(43)28-29-38(33-40,34-41)35-45-36(42)27-25-23-21-19-17-15-13-11-9-7-5-2/h40-41H,4-35H2,1-3H3. The average molecular weight is 642 g/mol. The van der Waals surface area contributed by atoms with Crippen LogP contribution in [0.15, 0.2) is 0 Å². The molecule has 45 heavy (non-hydrogen) atoms. The number of rotatable bonds is 35. The van der Waals surface area contributed by atoms with Crippen molar-refractivity contribution >= 4 is 11.9 Å². The highest BCUT2D eigenvalue weighted by Crippen LogP contribution is 2.24. The molecule has 0 aliphatic carbocycles. The first-order chi connectivity index (χ1) is 21.9. The maximum Gasteiger partial charge on any atom is 0.305 e. The summed E-state index contributed by atoms with van der Waals surface area (Å²) >= 11 is 0. The molecule has 0 aliphatic heterocycles. The second-order valence-electron chi connectivity index (χ2n) is 13.7. The average Bonchev–Trinajstić information content (AvgIpc) is 3.04. The number of unbranched alkanes of at least 4 members (excludes halogenated alkanes) is 21. The molecule has 0 aromatic carbocycles. The molecule has 0 aromatic rings. The topological polar surface area (TPSA) is 96.3 Å². The molecule has 0 fully saturated rings. The second kappa shape index (κ2) is 32.7. The Labute approximate surface area is 278 Å². The molecule has 0 heterocycles. The number of esters is 2. The van der Waals surface area contributed by atoms with Gasteiger partial charge in [0.2, 0.25) is 0 Å². The Morgan fingerprint density at radius 1 is 0.533 bits per heavy atom. The Bertz CT molecular complexity index is 654. The Morgan fingerprint density at radius 2 is 0.933 bits per heavy atom. The minimum absolute atomic E-state index is 0.0692. The van der Waals surface area contributed by atoms with E-state index >= 15 is 0 Å². The van der Waals surface area contributed by atoms with Gasteiger partial charge < -0.3 is 24.6 Å². The van der Waals surface area contributed by atoms with Crippen molar-refractivity contribution in [2.45, 2.75) is 181 Å². The highest BCUT2D eigenvalue weighted by molar-refractivity contribution is 5.70. The lowest BCUT2D eigenvalue weighted by atomic mass is 9.86. The zero-order valence-corrected chi connectivity index (χ0v) is 30.1. The van der Waals surface area contributed by atoms with E-state index in [1.165, 1.54) is 122 Å². The first kappa shape index (κ1) is 43.8. The largest absolute Gasteiger partial charge is 0.465 e. The smallest absolute Gasteiger partial charge is 0.305 e. The molecule has 0 rings (SSSR count). The van der Waals surface area contributed by atoms with Gasteiger partial charge in [0.25, 0.3) is 0 Å². The van der Waals surface area contributed by atoms with Crippen molar-refractivity contribution in [3.05, 3.63) is 0 Å². The molecule has 0 bridgehead atoms. The number of aliphatic hydroxyl groups excluding tert-OH is 2. The summed E-state index contributed by atoms with van der Waals surface area (Å²) in [5.74, 6) is -0.664. The van der Waals surface area contributed by atoms with Crippen LogP contribution in [0.25, 0.3) is 0 Å². The van der Waals surface area contributed by atoms with E-state index in [4.69, 9.17) is 9.47 Å². The van der Waals surface area contributed by atoms with Crippen LogP contribution in [0.5, 0.6) is 0 Å². The van der Waals surface area contributed by atoms with Gasteiger partial charge in [-0.25, -0.2) is 0 Å². The third kappa shape index (κ3) is 28.7. The molecule has 0 saturated carbocycles. The quantitative estimate of drug-likeness (QED) is 0.0526. The molecule has 0 unspecified atom stereocenters. The van der Waals surface area contributed by atoms with Gasteiger partial charge in [-0.2, -0.15) is 0 Å². The summed E-state index contributed by atoms with van der Waals surface area (Å²) in [7, 11) is 2.06. The number of carbonyl (C=O) groups excluding carboxylic acids is 2. The van der Waals surface area contributed by atoms with Crippen molar-refractivity contribution in [3.63, 3.8) is 0 Å². The fraction of sp³-hybridized carbons (Fsp3) is 0.947. The van der Waals surface area contributed by atoms with Crippen LogP contribution in [0.3, 0.4) is 0 Å². The summed E-state index contributed by atoms with van der Waals surface area (Å²) in [6.45, 7) is 5.71. The lowest BCUT2D eigenvalue weighted by Gasteiger charge is -2.28. The van der Waals surface area contributed by atoms with Crippen molar-refractivity contribution in [1.82, 2.24) is 4.90 Å². The maximum atomic E-state index is 12.3. The van der Waals surface area contributed by atoms with Crippen LogP contribution in [0.4, 0.5) is 0 Å². The Morgan fingerprint density at radius 3 is 1.38 bits per heavy atom. The first-order valence-corrected chi connectivity index (χ1v) is 19.1. The van der Waals surface area contributed by atoms with Crippen LogP contribution in [0.1, 0.15) is 181 Å². The van der Waals surface area contributed by atoms with E-state index in [1.54, 1.807) is 0 Å². The fourth-order valence-corrected chi connectivity index (χ4v) is 5.70. The van der Waals surface area contributed by atoms with E-state index in [0.29, 0.717) is 19.6 Å². The number of nitrogens with zero attached hydrogens (tertiary/aromatic N) is 1. The summed E-state index contributed by atoms with van der Waals surface area (Å²) in [5, 5.41) is 19.9. The second-order valence-corrected chi connectivity index (χ2v) is 13.7. The van der Waals surface area contributed by atoms with E-state index in [0.717, 1.165) is 32.2 Å². The molecular weight excluding hydrogens is 566 g/mol. The van der Waals surface area contributed by atoms with Gasteiger partial charge >= 0.3 is 11.9 Å². The summed E-state index contributed by atoms with van der Waals surface area (Å²) in [5.41, 5.74) is -1.03. The highest BCUT2D eigenvalue weighted by Gasteiger charge is 2.31.